The van der Waals surface area contributed by atoms with E-state index < -0.39 is 11.5 Å². The molecule has 1 aliphatic carbocycles. The highest BCUT2D eigenvalue weighted by Crippen LogP contribution is 2.61. The van der Waals surface area contributed by atoms with Crippen molar-refractivity contribution in [2.24, 2.45) is 11.8 Å². The molecule has 0 bridgehead atoms. The van der Waals surface area contributed by atoms with Crippen LogP contribution in [0.2, 0.25) is 0 Å². The lowest BCUT2D eigenvalue weighted by Gasteiger charge is -2.40. The van der Waals surface area contributed by atoms with E-state index in [1.54, 1.807) is 0 Å². The van der Waals surface area contributed by atoms with Crippen LogP contribution in [0.15, 0.2) is 103 Å². The maximum absolute atomic E-state index is 13.4. The summed E-state index contributed by atoms with van der Waals surface area (Å²) in [6.45, 7) is 1.49. The van der Waals surface area contributed by atoms with Gasteiger partial charge in [0.05, 0.1) is 11.5 Å². The van der Waals surface area contributed by atoms with Gasteiger partial charge in [-0.2, -0.15) is 0 Å². The number of rotatable bonds is 3. The quantitative estimate of drug-likeness (QED) is 0.304. The van der Waals surface area contributed by atoms with Gasteiger partial charge in [0.2, 0.25) is 5.91 Å². The highest BCUT2D eigenvalue weighted by atomic mass is 16.6. The molecule has 1 saturated heterocycles. The Hall–Kier alpha value is -4.84. The van der Waals surface area contributed by atoms with Crippen LogP contribution in [-0.2, 0) is 19.9 Å². The molecule has 0 aromatic heterocycles. The fourth-order valence-electron chi connectivity index (χ4n) is 6.19. The Bertz CT molecular complexity index is 1730. The van der Waals surface area contributed by atoms with Crippen molar-refractivity contribution in [1.29, 1.82) is 0 Å². The van der Waals surface area contributed by atoms with Gasteiger partial charge in [-0.1, -0.05) is 54.6 Å². The van der Waals surface area contributed by atoms with Gasteiger partial charge in [-0.05, 0) is 53.2 Å². The molecule has 6 nitrogen and oxygen atoms in total. The molecule has 7 rings (SSSR count). The average Bonchev–Trinajstić information content (AvgIpc) is 3.24. The van der Waals surface area contributed by atoms with Crippen molar-refractivity contribution in [3.63, 3.8) is 0 Å². The average molecular weight is 515 g/mol. The van der Waals surface area contributed by atoms with Gasteiger partial charge < -0.3 is 19.7 Å². The minimum absolute atomic E-state index is 0.135. The van der Waals surface area contributed by atoms with Crippen molar-refractivity contribution in [3.8, 4) is 11.5 Å². The van der Waals surface area contributed by atoms with Gasteiger partial charge in [0.25, 0.3) is 0 Å². The van der Waals surface area contributed by atoms with Crippen LogP contribution in [0.25, 0.3) is 10.8 Å². The van der Waals surface area contributed by atoms with Crippen molar-refractivity contribution in [3.05, 3.63) is 114 Å². The van der Waals surface area contributed by atoms with Gasteiger partial charge in [-0.25, -0.2) is 0 Å². The standard InChI is InChI=1S/C33H26N2O4/c1-20(36)34-22-13-15-25-21(18-22)12-17-29-31(25)33(27-11-7-6-10-26(27)32(37)39-33)28-16-14-24(19-30(28)38-29)35(2)23-8-4-3-5-9-23/h3-19,26-27H,1-2H3,(H,34,36). The Morgan fingerprint density at radius 1 is 0.897 bits per heavy atom. The molecule has 4 aromatic carbocycles. The lowest BCUT2D eigenvalue weighted by Crippen LogP contribution is -2.38. The molecule has 39 heavy (non-hydrogen) atoms. The predicted molar refractivity (Wildman–Crippen MR) is 151 cm³/mol. The Kier molecular flexibility index (Phi) is 5.13. The SMILES string of the molecule is CC(=O)Nc1ccc2c3c(ccc2c1)Oc1cc(N(C)c2ccccc2)ccc1C31OC(=O)C2C=CC=CC21. The lowest BCUT2D eigenvalue weighted by molar-refractivity contribution is -0.148. The fraction of sp³-hybridized carbons (Fsp3) is 0.152. The molecule has 0 radical (unpaired) electrons. The van der Waals surface area contributed by atoms with Crippen molar-refractivity contribution >= 4 is 39.7 Å². The molecule has 2 heterocycles. The third-order valence-electron chi connectivity index (χ3n) is 7.93. The molecule has 2 aliphatic heterocycles. The minimum atomic E-state index is -1.06. The predicted octanol–water partition coefficient (Wildman–Crippen LogP) is 6.83. The zero-order chi connectivity index (χ0) is 26.7. The summed E-state index contributed by atoms with van der Waals surface area (Å²) in [5.74, 6) is 0.288. The number of carbonyl (C=O) groups is 2. The van der Waals surface area contributed by atoms with E-state index in [0.717, 1.165) is 33.3 Å². The van der Waals surface area contributed by atoms with Crippen LogP contribution >= 0.6 is 0 Å². The van der Waals surface area contributed by atoms with Crippen LogP contribution in [0.1, 0.15) is 18.1 Å². The molecule has 0 saturated carbocycles. The number of ether oxygens (including phenoxy) is 2. The first-order chi connectivity index (χ1) is 19.0. The second kappa shape index (κ2) is 8.60. The molecule has 3 aliphatic rings. The van der Waals surface area contributed by atoms with E-state index in [9.17, 15) is 9.59 Å². The van der Waals surface area contributed by atoms with Crippen molar-refractivity contribution in [2.45, 2.75) is 12.5 Å². The zero-order valence-corrected chi connectivity index (χ0v) is 21.5. The number of allylic oxidation sites excluding steroid dienone is 2. The Morgan fingerprint density at radius 2 is 1.72 bits per heavy atom. The third kappa shape index (κ3) is 3.48. The number of carbonyl (C=O) groups excluding carboxylic acids is 2. The number of nitrogens with zero attached hydrogens (tertiary/aromatic N) is 1. The fourth-order valence-corrected chi connectivity index (χ4v) is 6.19. The monoisotopic (exact) mass is 514 g/mol. The highest BCUT2D eigenvalue weighted by molar-refractivity contribution is 5.97. The number of hydrogen-bond donors (Lipinski definition) is 1. The number of fused-ring (bicyclic) bond motifs is 8. The summed E-state index contributed by atoms with van der Waals surface area (Å²) in [6.07, 6.45) is 7.89. The van der Waals surface area contributed by atoms with E-state index >= 15 is 0 Å². The first-order valence-electron chi connectivity index (χ1n) is 13.0. The van der Waals surface area contributed by atoms with Crippen molar-refractivity contribution in [1.82, 2.24) is 0 Å². The Balaban J connectivity index is 1.45. The van der Waals surface area contributed by atoms with Crippen LogP contribution in [0.4, 0.5) is 17.1 Å². The van der Waals surface area contributed by atoms with Gasteiger partial charge in [-0.15, -0.1) is 0 Å². The van der Waals surface area contributed by atoms with E-state index in [4.69, 9.17) is 9.47 Å². The van der Waals surface area contributed by atoms with E-state index in [2.05, 4.69) is 28.4 Å². The van der Waals surface area contributed by atoms with Gasteiger partial charge in [-0.3, -0.25) is 9.59 Å². The topological polar surface area (TPSA) is 67.9 Å². The zero-order valence-electron chi connectivity index (χ0n) is 21.5. The van der Waals surface area contributed by atoms with Crippen molar-refractivity contribution < 1.29 is 19.1 Å². The summed E-state index contributed by atoms with van der Waals surface area (Å²) in [5.41, 5.74) is 3.30. The highest BCUT2D eigenvalue weighted by Gasteiger charge is 2.60. The molecular formula is C33H26N2O4. The molecule has 1 N–H and O–H groups in total. The molecule has 192 valence electrons. The second-order valence-corrected chi connectivity index (χ2v) is 10.2. The first-order valence-corrected chi connectivity index (χ1v) is 13.0. The number of amides is 1. The summed E-state index contributed by atoms with van der Waals surface area (Å²) in [7, 11) is 2.02. The minimum Gasteiger partial charge on any atom is -0.456 e. The Labute approximate surface area is 226 Å². The summed E-state index contributed by atoms with van der Waals surface area (Å²) in [6, 6.07) is 25.9. The smallest absolute Gasteiger partial charge is 0.314 e. The maximum Gasteiger partial charge on any atom is 0.314 e. The molecular weight excluding hydrogens is 488 g/mol. The van der Waals surface area contributed by atoms with Gasteiger partial charge in [0, 0.05) is 48.6 Å². The van der Waals surface area contributed by atoms with Crippen LogP contribution in [0.3, 0.4) is 0 Å². The molecule has 3 atom stereocenters. The second-order valence-electron chi connectivity index (χ2n) is 10.2. The number of para-hydroxylation sites is 1. The van der Waals surface area contributed by atoms with E-state index in [1.807, 2.05) is 92.0 Å². The number of esters is 1. The normalized spacial score (nSPS) is 22.1. The van der Waals surface area contributed by atoms with Crippen molar-refractivity contribution in [2.75, 3.05) is 17.3 Å². The molecule has 1 amide bonds. The molecule has 1 spiro atoms. The van der Waals surface area contributed by atoms with E-state index in [1.165, 1.54) is 6.92 Å². The molecule has 4 aromatic rings. The number of nitrogens with one attached hydrogen (secondary N) is 1. The number of hydrogen-bond acceptors (Lipinski definition) is 5. The molecule has 1 fully saturated rings. The van der Waals surface area contributed by atoms with E-state index in [-0.39, 0.29) is 17.8 Å². The Morgan fingerprint density at radius 3 is 2.54 bits per heavy atom. The van der Waals surface area contributed by atoms with Crippen LogP contribution < -0.4 is 15.0 Å². The summed E-state index contributed by atoms with van der Waals surface area (Å²) < 4.78 is 13.1. The van der Waals surface area contributed by atoms with Crippen LogP contribution in [-0.4, -0.2) is 18.9 Å². The van der Waals surface area contributed by atoms with Gasteiger partial charge in [0.15, 0.2) is 5.60 Å². The van der Waals surface area contributed by atoms with E-state index in [0.29, 0.717) is 17.2 Å². The summed E-state index contributed by atoms with van der Waals surface area (Å²) in [4.78, 5) is 27.1. The summed E-state index contributed by atoms with van der Waals surface area (Å²) >= 11 is 0. The first kappa shape index (κ1) is 23.3. The maximum atomic E-state index is 13.4. The largest absolute Gasteiger partial charge is 0.456 e. The van der Waals surface area contributed by atoms with Crippen LogP contribution in [0, 0.1) is 11.8 Å². The molecule has 6 heteroatoms. The molecule has 3 unspecified atom stereocenters. The van der Waals surface area contributed by atoms with Crippen LogP contribution in [0.5, 0.6) is 11.5 Å². The lowest BCUT2D eigenvalue weighted by atomic mass is 9.69. The van der Waals surface area contributed by atoms with Gasteiger partial charge in [0.1, 0.15) is 11.5 Å². The number of anilines is 3. The number of benzene rings is 4. The third-order valence-corrected chi connectivity index (χ3v) is 7.93. The summed E-state index contributed by atoms with van der Waals surface area (Å²) in [5, 5.41) is 4.69. The van der Waals surface area contributed by atoms with Gasteiger partial charge >= 0.3 is 5.97 Å².